The molecular weight excluding hydrogens is 370 g/mol. The number of hydrogen-bond donors (Lipinski definition) is 1. The van der Waals surface area contributed by atoms with E-state index < -0.39 is 0 Å². The summed E-state index contributed by atoms with van der Waals surface area (Å²) in [7, 11) is 0. The number of ether oxygens (including phenoxy) is 1. The van der Waals surface area contributed by atoms with E-state index in [4.69, 9.17) is 16.3 Å². The molecule has 0 saturated carbocycles. The van der Waals surface area contributed by atoms with Crippen LogP contribution in [0, 0.1) is 0 Å². The van der Waals surface area contributed by atoms with E-state index in [-0.39, 0.29) is 12.5 Å². The third-order valence-electron chi connectivity index (χ3n) is 4.67. The molecule has 0 aliphatic heterocycles. The lowest BCUT2D eigenvalue weighted by Gasteiger charge is -2.17. The molecule has 144 valence electrons. The monoisotopic (exact) mass is 393 g/mol. The van der Waals surface area contributed by atoms with Gasteiger partial charge < -0.3 is 10.1 Å². The Hall–Kier alpha value is -2.78. The first kappa shape index (κ1) is 20.0. The normalized spacial score (nSPS) is 10.5. The van der Waals surface area contributed by atoms with Crippen molar-refractivity contribution in [3.63, 3.8) is 0 Å². The number of carbonyl (C=O) groups excluding carboxylic acids is 1. The average molecular weight is 394 g/mol. The molecule has 1 amide bonds. The van der Waals surface area contributed by atoms with E-state index in [2.05, 4.69) is 12.2 Å². The summed E-state index contributed by atoms with van der Waals surface area (Å²) in [6.07, 6.45) is 1.57. The van der Waals surface area contributed by atoms with Gasteiger partial charge in [-0.15, -0.1) is 0 Å². The highest BCUT2D eigenvalue weighted by Gasteiger charge is 2.14. The standard InChI is InChI=1S/C24H24ClNO2/c1-3-17-14-15-21(25)19(4-2)24(17)26-23(27)16-28-22-13-9-8-12-20(22)18-10-6-5-7-11-18/h5-15H,3-4,16H2,1-2H3,(H,26,27). The fourth-order valence-corrected chi connectivity index (χ4v) is 3.53. The third-order valence-corrected chi connectivity index (χ3v) is 5.03. The van der Waals surface area contributed by atoms with Crippen molar-refractivity contribution in [2.24, 2.45) is 0 Å². The number of benzene rings is 3. The van der Waals surface area contributed by atoms with Crippen molar-refractivity contribution in [2.45, 2.75) is 26.7 Å². The van der Waals surface area contributed by atoms with Crippen molar-refractivity contribution in [1.82, 2.24) is 0 Å². The molecule has 0 unspecified atom stereocenters. The van der Waals surface area contributed by atoms with E-state index in [1.807, 2.05) is 73.7 Å². The number of anilines is 1. The van der Waals surface area contributed by atoms with Gasteiger partial charge in [0.05, 0.1) is 0 Å². The number of para-hydroxylation sites is 1. The van der Waals surface area contributed by atoms with Crippen LogP contribution >= 0.6 is 11.6 Å². The van der Waals surface area contributed by atoms with Gasteiger partial charge in [-0.25, -0.2) is 0 Å². The highest BCUT2D eigenvalue weighted by atomic mass is 35.5. The number of rotatable bonds is 7. The van der Waals surface area contributed by atoms with Crippen LogP contribution in [0.25, 0.3) is 11.1 Å². The van der Waals surface area contributed by atoms with Gasteiger partial charge in [-0.3, -0.25) is 4.79 Å². The van der Waals surface area contributed by atoms with Crippen molar-refractivity contribution >= 4 is 23.2 Å². The molecular formula is C24H24ClNO2. The third kappa shape index (κ3) is 4.55. The van der Waals surface area contributed by atoms with Crippen LogP contribution in [0.3, 0.4) is 0 Å². The van der Waals surface area contributed by atoms with Gasteiger partial charge in [0.1, 0.15) is 5.75 Å². The predicted molar refractivity (Wildman–Crippen MR) is 116 cm³/mol. The number of hydrogen-bond acceptors (Lipinski definition) is 2. The largest absolute Gasteiger partial charge is 0.483 e. The Bertz CT molecular complexity index is 954. The van der Waals surface area contributed by atoms with Gasteiger partial charge >= 0.3 is 0 Å². The van der Waals surface area contributed by atoms with Crippen molar-refractivity contribution < 1.29 is 9.53 Å². The summed E-state index contributed by atoms with van der Waals surface area (Å²) < 4.78 is 5.86. The lowest BCUT2D eigenvalue weighted by molar-refractivity contribution is -0.118. The summed E-state index contributed by atoms with van der Waals surface area (Å²) in [6, 6.07) is 21.6. The van der Waals surface area contributed by atoms with E-state index in [1.54, 1.807) is 0 Å². The van der Waals surface area contributed by atoms with Crippen molar-refractivity contribution in [1.29, 1.82) is 0 Å². The Labute approximate surface area is 171 Å². The number of nitrogens with one attached hydrogen (secondary N) is 1. The molecule has 3 aromatic carbocycles. The second-order valence-electron chi connectivity index (χ2n) is 6.47. The summed E-state index contributed by atoms with van der Waals surface area (Å²) in [4.78, 5) is 12.6. The zero-order valence-corrected chi connectivity index (χ0v) is 16.9. The van der Waals surface area contributed by atoms with Crippen LogP contribution in [0.2, 0.25) is 5.02 Å². The average Bonchev–Trinajstić information content (AvgIpc) is 2.73. The summed E-state index contributed by atoms with van der Waals surface area (Å²) in [5, 5.41) is 3.67. The number of aryl methyl sites for hydroxylation is 1. The van der Waals surface area contributed by atoms with Gasteiger partial charge in [0.15, 0.2) is 6.61 Å². The fourth-order valence-electron chi connectivity index (χ4n) is 3.23. The van der Waals surface area contributed by atoms with Gasteiger partial charge in [-0.05, 0) is 41.7 Å². The second-order valence-corrected chi connectivity index (χ2v) is 6.87. The second kappa shape index (κ2) is 9.43. The molecule has 4 heteroatoms. The van der Waals surface area contributed by atoms with Crippen LogP contribution in [0.15, 0.2) is 66.7 Å². The number of carbonyl (C=O) groups is 1. The maximum absolute atomic E-state index is 12.6. The molecule has 0 aromatic heterocycles. The molecule has 3 rings (SSSR count). The zero-order chi connectivity index (χ0) is 19.9. The summed E-state index contributed by atoms with van der Waals surface area (Å²) in [6.45, 7) is 4.02. The number of amides is 1. The highest BCUT2D eigenvalue weighted by molar-refractivity contribution is 6.32. The zero-order valence-electron chi connectivity index (χ0n) is 16.2. The quantitative estimate of drug-likeness (QED) is 0.522. The first-order chi connectivity index (χ1) is 13.6. The van der Waals surface area contributed by atoms with E-state index in [0.29, 0.717) is 10.8 Å². The molecule has 0 aliphatic rings. The van der Waals surface area contributed by atoms with E-state index in [0.717, 1.165) is 40.8 Å². The SMILES string of the molecule is CCc1ccc(Cl)c(CC)c1NC(=O)COc1ccccc1-c1ccccc1. The molecule has 0 radical (unpaired) electrons. The molecule has 3 nitrogen and oxygen atoms in total. The summed E-state index contributed by atoms with van der Waals surface area (Å²) in [5.41, 5.74) is 4.85. The van der Waals surface area contributed by atoms with Gasteiger partial charge in [-0.2, -0.15) is 0 Å². The summed E-state index contributed by atoms with van der Waals surface area (Å²) >= 11 is 6.32. The molecule has 0 atom stereocenters. The molecule has 1 N–H and O–H groups in total. The molecule has 0 heterocycles. The lowest BCUT2D eigenvalue weighted by atomic mass is 10.0. The van der Waals surface area contributed by atoms with Gasteiger partial charge in [-0.1, -0.05) is 80.0 Å². The van der Waals surface area contributed by atoms with Crippen molar-refractivity contribution in [3.8, 4) is 16.9 Å². The van der Waals surface area contributed by atoms with Gasteiger partial charge in [0, 0.05) is 16.3 Å². The predicted octanol–water partition coefficient (Wildman–Crippen LogP) is 6.15. The van der Waals surface area contributed by atoms with E-state index in [9.17, 15) is 4.79 Å². The van der Waals surface area contributed by atoms with Crippen LogP contribution in [0.4, 0.5) is 5.69 Å². The minimum absolute atomic E-state index is 0.0668. The Kier molecular flexibility index (Phi) is 6.72. The highest BCUT2D eigenvalue weighted by Crippen LogP contribution is 2.31. The smallest absolute Gasteiger partial charge is 0.262 e. The van der Waals surface area contributed by atoms with Crippen molar-refractivity contribution in [3.05, 3.63) is 82.9 Å². The van der Waals surface area contributed by atoms with Crippen LogP contribution in [0.5, 0.6) is 5.75 Å². The molecule has 0 fully saturated rings. The van der Waals surface area contributed by atoms with Crippen molar-refractivity contribution in [2.75, 3.05) is 11.9 Å². The Balaban J connectivity index is 1.76. The topological polar surface area (TPSA) is 38.3 Å². The maximum atomic E-state index is 12.6. The molecule has 0 aliphatic carbocycles. The van der Waals surface area contributed by atoms with Gasteiger partial charge in [0.2, 0.25) is 0 Å². The van der Waals surface area contributed by atoms with E-state index >= 15 is 0 Å². The Morgan fingerprint density at radius 1 is 0.929 bits per heavy atom. The minimum atomic E-state index is -0.200. The van der Waals surface area contributed by atoms with Crippen LogP contribution in [-0.4, -0.2) is 12.5 Å². The van der Waals surface area contributed by atoms with Gasteiger partial charge in [0.25, 0.3) is 5.91 Å². The Morgan fingerprint density at radius 2 is 1.64 bits per heavy atom. The summed E-state index contributed by atoms with van der Waals surface area (Å²) in [5.74, 6) is 0.482. The van der Waals surface area contributed by atoms with Crippen LogP contribution in [-0.2, 0) is 17.6 Å². The first-order valence-electron chi connectivity index (χ1n) is 9.51. The first-order valence-corrected chi connectivity index (χ1v) is 9.89. The minimum Gasteiger partial charge on any atom is -0.483 e. The molecule has 0 saturated heterocycles. The number of halogens is 1. The Morgan fingerprint density at radius 3 is 2.36 bits per heavy atom. The molecule has 0 bridgehead atoms. The maximum Gasteiger partial charge on any atom is 0.262 e. The lowest BCUT2D eigenvalue weighted by Crippen LogP contribution is -2.22. The van der Waals surface area contributed by atoms with E-state index in [1.165, 1.54) is 0 Å². The molecule has 28 heavy (non-hydrogen) atoms. The van der Waals surface area contributed by atoms with Crippen LogP contribution < -0.4 is 10.1 Å². The van der Waals surface area contributed by atoms with Crippen LogP contribution in [0.1, 0.15) is 25.0 Å². The fraction of sp³-hybridized carbons (Fsp3) is 0.208. The molecule has 0 spiro atoms. The molecule has 3 aromatic rings.